The number of esters is 1. The van der Waals surface area contributed by atoms with Gasteiger partial charge in [0.1, 0.15) is 6.54 Å². The second-order valence-electron chi connectivity index (χ2n) is 7.27. The summed E-state index contributed by atoms with van der Waals surface area (Å²) in [6.07, 6.45) is 1.55. The molecular weight excluding hydrogens is 440 g/mol. The second-order valence-corrected chi connectivity index (χ2v) is 8.32. The minimum Gasteiger partial charge on any atom is -0.491 e. The number of amides is 1. The summed E-state index contributed by atoms with van der Waals surface area (Å²) in [5.74, 6) is 0.00683. The Morgan fingerprint density at radius 1 is 1.06 bits per heavy atom. The van der Waals surface area contributed by atoms with Crippen LogP contribution in [0.4, 0.5) is 5.69 Å². The van der Waals surface area contributed by atoms with Gasteiger partial charge in [-0.3, -0.25) is 9.59 Å². The Balaban J connectivity index is 1.72. The number of hydrogen-bond donors (Lipinski definition) is 1. The van der Waals surface area contributed by atoms with Crippen LogP contribution in [0.1, 0.15) is 28.5 Å². The zero-order chi connectivity index (χ0) is 23.8. The maximum absolute atomic E-state index is 12.7. The largest absolute Gasteiger partial charge is 0.491 e. The van der Waals surface area contributed by atoms with Crippen LogP contribution in [0, 0.1) is 6.92 Å². The minimum absolute atomic E-state index is 0.0000585. The van der Waals surface area contributed by atoms with Crippen LogP contribution in [0.15, 0.2) is 70.5 Å². The number of carbonyl (C=O) groups excluding carboxylic acids is 2. The molecule has 8 heteroatoms. The third kappa shape index (κ3) is 6.73. The SMILES string of the molecule is CCOC(=O)c1ccc(NC(=O)Cn2cc(OC)c(=O)cc2CSc2ccc(C)cc2)cc1. The Kier molecular flexibility index (Phi) is 8.32. The summed E-state index contributed by atoms with van der Waals surface area (Å²) in [6.45, 7) is 4.06. The minimum atomic E-state index is -0.411. The number of rotatable bonds is 9. The average molecular weight is 467 g/mol. The first-order valence-corrected chi connectivity index (χ1v) is 11.4. The predicted octanol–water partition coefficient (Wildman–Crippen LogP) is 4.27. The number of hydrogen-bond acceptors (Lipinski definition) is 6. The highest BCUT2D eigenvalue weighted by Gasteiger charge is 2.12. The summed E-state index contributed by atoms with van der Waals surface area (Å²) in [5, 5.41) is 2.81. The molecule has 7 nitrogen and oxygen atoms in total. The molecule has 3 rings (SSSR count). The first-order chi connectivity index (χ1) is 15.9. The zero-order valence-electron chi connectivity index (χ0n) is 18.8. The van der Waals surface area contributed by atoms with Crippen molar-refractivity contribution >= 4 is 29.3 Å². The van der Waals surface area contributed by atoms with Gasteiger partial charge in [0.05, 0.1) is 25.5 Å². The van der Waals surface area contributed by atoms with E-state index in [1.165, 1.54) is 18.7 Å². The highest BCUT2D eigenvalue weighted by Crippen LogP contribution is 2.23. The van der Waals surface area contributed by atoms with Crippen LogP contribution >= 0.6 is 11.8 Å². The van der Waals surface area contributed by atoms with E-state index in [1.54, 1.807) is 53.7 Å². The molecule has 1 N–H and O–H groups in total. The monoisotopic (exact) mass is 466 g/mol. The molecule has 172 valence electrons. The van der Waals surface area contributed by atoms with Gasteiger partial charge in [0, 0.05) is 28.1 Å². The molecule has 0 fully saturated rings. The lowest BCUT2D eigenvalue weighted by molar-refractivity contribution is -0.116. The van der Waals surface area contributed by atoms with E-state index in [2.05, 4.69) is 5.32 Å². The summed E-state index contributed by atoms with van der Waals surface area (Å²) in [7, 11) is 1.42. The van der Waals surface area contributed by atoms with E-state index in [4.69, 9.17) is 9.47 Å². The molecule has 0 spiro atoms. The van der Waals surface area contributed by atoms with Crippen molar-refractivity contribution in [2.24, 2.45) is 0 Å². The molecule has 0 bridgehead atoms. The Hall–Kier alpha value is -3.52. The molecule has 0 aliphatic rings. The van der Waals surface area contributed by atoms with Crippen molar-refractivity contribution in [1.82, 2.24) is 4.57 Å². The Bertz CT molecular complexity index is 1170. The van der Waals surface area contributed by atoms with Gasteiger partial charge in [-0.1, -0.05) is 17.7 Å². The predicted molar refractivity (Wildman–Crippen MR) is 129 cm³/mol. The Morgan fingerprint density at radius 3 is 2.39 bits per heavy atom. The van der Waals surface area contributed by atoms with Crippen molar-refractivity contribution in [3.05, 3.63) is 87.8 Å². The van der Waals surface area contributed by atoms with Gasteiger partial charge in [0.15, 0.2) is 5.75 Å². The van der Waals surface area contributed by atoms with Gasteiger partial charge in [-0.2, -0.15) is 0 Å². The van der Waals surface area contributed by atoms with Crippen LogP contribution in [0.5, 0.6) is 5.75 Å². The summed E-state index contributed by atoms with van der Waals surface area (Å²) < 4.78 is 11.8. The second kappa shape index (κ2) is 11.4. The molecule has 0 saturated heterocycles. The lowest BCUT2D eigenvalue weighted by Crippen LogP contribution is -2.22. The molecule has 0 saturated carbocycles. The number of nitrogens with zero attached hydrogens (tertiary/aromatic N) is 1. The summed E-state index contributed by atoms with van der Waals surface area (Å²) in [6, 6.07) is 16.1. The van der Waals surface area contributed by atoms with Crippen molar-refractivity contribution in [2.75, 3.05) is 19.0 Å². The molecule has 0 aliphatic carbocycles. The number of pyridine rings is 1. The van der Waals surface area contributed by atoms with Crippen molar-refractivity contribution in [2.45, 2.75) is 31.0 Å². The smallest absolute Gasteiger partial charge is 0.338 e. The molecule has 1 heterocycles. The third-order valence-electron chi connectivity index (χ3n) is 4.80. The van der Waals surface area contributed by atoms with E-state index < -0.39 is 5.97 Å². The van der Waals surface area contributed by atoms with E-state index in [0.717, 1.165) is 4.90 Å². The quantitative estimate of drug-likeness (QED) is 0.374. The topological polar surface area (TPSA) is 86.6 Å². The van der Waals surface area contributed by atoms with Gasteiger partial charge in [0.25, 0.3) is 0 Å². The van der Waals surface area contributed by atoms with Gasteiger partial charge >= 0.3 is 5.97 Å². The summed E-state index contributed by atoms with van der Waals surface area (Å²) in [4.78, 5) is 37.8. The lowest BCUT2D eigenvalue weighted by atomic mass is 10.2. The number of methoxy groups -OCH3 is 1. The number of carbonyl (C=O) groups is 2. The van der Waals surface area contributed by atoms with Crippen molar-refractivity contribution in [3.63, 3.8) is 0 Å². The number of nitrogens with one attached hydrogen (secondary N) is 1. The molecule has 3 aromatic rings. The number of aryl methyl sites for hydroxylation is 1. The van der Waals surface area contributed by atoms with Gasteiger partial charge in [-0.15, -0.1) is 11.8 Å². The van der Waals surface area contributed by atoms with Crippen molar-refractivity contribution in [1.29, 1.82) is 0 Å². The molecule has 33 heavy (non-hydrogen) atoms. The van der Waals surface area contributed by atoms with Crippen LogP contribution in [-0.4, -0.2) is 30.2 Å². The Labute approximate surface area is 196 Å². The fourth-order valence-electron chi connectivity index (χ4n) is 3.07. The molecule has 1 amide bonds. The molecule has 0 aliphatic heterocycles. The highest BCUT2D eigenvalue weighted by molar-refractivity contribution is 7.98. The third-order valence-corrected chi connectivity index (χ3v) is 5.85. The van der Waals surface area contributed by atoms with Crippen LogP contribution in [0.2, 0.25) is 0 Å². The molecule has 0 atom stereocenters. The van der Waals surface area contributed by atoms with E-state index in [1.807, 2.05) is 31.2 Å². The van der Waals surface area contributed by atoms with Gasteiger partial charge in [0.2, 0.25) is 11.3 Å². The Morgan fingerprint density at radius 2 is 1.76 bits per heavy atom. The average Bonchev–Trinajstić information content (AvgIpc) is 2.80. The van der Waals surface area contributed by atoms with Crippen LogP contribution in [-0.2, 0) is 21.8 Å². The van der Waals surface area contributed by atoms with Gasteiger partial charge < -0.3 is 19.4 Å². The molecule has 1 aromatic heterocycles. The van der Waals surface area contributed by atoms with E-state index in [0.29, 0.717) is 29.3 Å². The summed E-state index contributed by atoms with van der Waals surface area (Å²) >= 11 is 1.58. The molecule has 2 aromatic carbocycles. The number of aromatic nitrogens is 1. The highest BCUT2D eigenvalue weighted by atomic mass is 32.2. The normalized spacial score (nSPS) is 10.5. The van der Waals surface area contributed by atoms with Crippen molar-refractivity contribution < 1.29 is 19.1 Å². The number of ether oxygens (including phenoxy) is 2. The standard InChI is InChI=1S/C25H26N2O5S/c1-4-32-25(30)18-7-9-19(10-8-18)26-24(29)15-27-14-23(31-3)22(28)13-20(27)16-33-21-11-5-17(2)6-12-21/h5-14H,4,15-16H2,1-3H3,(H,26,29). The van der Waals surface area contributed by atoms with Crippen LogP contribution < -0.4 is 15.5 Å². The fourth-order valence-corrected chi connectivity index (χ4v) is 3.96. The van der Waals surface area contributed by atoms with E-state index in [9.17, 15) is 14.4 Å². The fraction of sp³-hybridized carbons (Fsp3) is 0.240. The number of anilines is 1. The first-order valence-electron chi connectivity index (χ1n) is 10.4. The van der Waals surface area contributed by atoms with Crippen LogP contribution in [0.3, 0.4) is 0 Å². The van der Waals surface area contributed by atoms with E-state index >= 15 is 0 Å². The van der Waals surface area contributed by atoms with Gasteiger partial charge in [-0.05, 0) is 50.2 Å². The molecule has 0 unspecified atom stereocenters. The molecule has 0 radical (unpaired) electrons. The maximum atomic E-state index is 12.7. The van der Waals surface area contributed by atoms with E-state index in [-0.39, 0.29) is 23.6 Å². The van der Waals surface area contributed by atoms with Crippen LogP contribution in [0.25, 0.3) is 0 Å². The first kappa shape index (κ1) is 24.1. The van der Waals surface area contributed by atoms with Gasteiger partial charge in [-0.25, -0.2) is 4.79 Å². The van der Waals surface area contributed by atoms with Crippen molar-refractivity contribution in [3.8, 4) is 5.75 Å². The summed E-state index contributed by atoms with van der Waals surface area (Å²) in [5.41, 5.74) is 2.61. The molecular formula is C25H26N2O5S. The lowest BCUT2D eigenvalue weighted by Gasteiger charge is -2.15. The number of thioether (sulfide) groups is 1. The zero-order valence-corrected chi connectivity index (χ0v) is 19.6. The maximum Gasteiger partial charge on any atom is 0.338 e. The number of benzene rings is 2.